The maximum atomic E-state index is 13.6. The van der Waals surface area contributed by atoms with E-state index < -0.39 is 5.82 Å². The number of aryl methyl sites for hydroxylation is 1. The third kappa shape index (κ3) is 4.19. The van der Waals surface area contributed by atoms with Crippen molar-refractivity contribution < 1.29 is 9.13 Å². The molecule has 2 aromatic rings. The van der Waals surface area contributed by atoms with E-state index in [0.29, 0.717) is 16.0 Å². The van der Waals surface area contributed by atoms with Crippen molar-refractivity contribution in [1.29, 1.82) is 0 Å². The lowest BCUT2D eigenvalue weighted by Gasteiger charge is -2.13. The molecule has 0 spiro atoms. The Labute approximate surface area is 137 Å². The van der Waals surface area contributed by atoms with Gasteiger partial charge in [-0.2, -0.15) is 0 Å². The first-order chi connectivity index (χ1) is 10.0. The van der Waals surface area contributed by atoms with E-state index in [1.807, 2.05) is 25.1 Å². The van der Waals surface area contributed by atoms with Crippen LogP contribution in [0.3, 0.4) is 0 Å². The van der Waals surface area contributed by atoms with E-state index in [2.05, 4.69) is 28.2 Å². The van der Waals surface area contributed by atoms with Crippen molar-refractivity contribution in [3.05, 3.63) is 56.8 Å². The summed E-state index contributed by atoms with van der Waals surface area (Å²) in [6.45, 7) is 5.67. The number of hydrogen-bond donors (Lipinski definition) is 1. The van der Waals surface area contributed by atoms with E-state index in [0.717, 1.165) is 24.2 Å². The molecule has 2 aromatic carbocycles. The van der Waals surface area contributed by atoms with Crippen LogP contribution in [0.1, 0.15) is 18.1 Å². The van der Waals surface area contributed by atoms with Crippen molar-refractivity contribution in [3.8, 4) is 11.5 Å². The molecule has 1 N–H and O–H groups in total. The molecule has 0 saturated heterocycles. The number of ether oxygens (including phenoxy) is 1. The lowest BCUT2D eigenvalue weighted by molar-refractivity contribution is 0.469. The Bertz CT molecular complexity index is 648. The smallest absolute Gasteiger partial charge is 0.145 e. The molecule has 0 amide bonds. The molecule has 0 aromatic heterocycles. The molecule has 0 bridgehead atoms. The summed E-state index contributed by atoms with van der Waals surface area (Å²) in [6, 6.07) is 8.76. The lowest BCUT2D eigenvalue weighted by Crippen LogP contribution is -2.11. The first-order valence-corrected chi connectivity index (χ1v) is 7.81. The van der Waals surface area contributed by atoms with E-state index in [9.17, 15) is 4.39 Å². The predicted octanol–water partition coefficient (Wildman–Crippen LogP) is 5.45. The van der Waals surface area contributed by atoms with Gasteiger partial charge in [-0.15, -0.1) is 0 Å². The standard InChI is InChI=1S/C16H16BrClFNO/c1-3-20-9-11-5-4-10(2)15(6-11)21-16-8-14(19)13(18)7-12(16)17/h4-8,20H,3,9H2,1-2H3. The molecule has 5 heteroatoms. The quantitative estimate of drug-likeness (QED) is 0.704. The predicted molar refractivity (Wildman–Crippen MR) is 87.7 cm³/mol. The zero-order chi connectivity index (χ0) is 15.4. The highest BCUT2D eigenvalue weighted by molar-refractivity contribution is 9.10. The van der Waals surface area contributed by atoms with Gasteiger partial charge in [0, 0.05) is 12.6 Å². The van der Waals surface area contributed by atoms with E-state index in [-0.39, 0.29) is 5.02 Å². The first-order valence-electron chi connectivity index (χ1n) is 6.64. The van der Waals surface area contributed by atoms with Crippen LogP contribution in [-0.2, 0) is 6.54 Å². The molecule has 21 heavy (non-hydrogen) atoms. The second kappa shape index (κ2) is 7.25. The van der Waals surface area contributed by atoms with Crippen molar-refractivity contribution in [2.24, 2.45) is 0 Å². The Morgan fingerprint density at radius 2 is 2.00 bits per heavy atom. The fourth-order valence-electron chi connectivity index (χ4n) is 1.83. The number of halogens is 3. The maximum Gasteiger partial charge on any atom is 0.145 e. The largest absolute Gasteiger partial charge is 0.456 e. The van der Waals surface area contributed by atoms with Crippen LogP contribution in [0.15, 0.2) is 34.8 Å². The van der Waals surface area contributed by atoms with Gasteiger partial charge in [0.05, 0.1) is 9.50 Å². The Kier molecular flexibility index (Phi) is 5.62. The minimum atomic E-state index is -0.503. The lowest BCUT2D eigenvalue weighted by atomic mass is 10.1. The van der Waals surface area contributed by atoms with E-state index >= 15 is 0 Å². The van der Waals surface area contributed by atoms with Crippen LogP contribution in [0, 0.1) is 12.7 Å². The van der Waals surface area contributed by atoms with Crippen molar-refractivity contribution in [2.45, 2.75) is 20.4 Å². The fourth-order valence-corrected chi connectivity index (χ4v) is 2.55. The normalized spacial score (nSPS) is 10.7. The highest BCUT2D eigenvalue weighted by Crippen LogP contribution is 2.35. The van der Waals surface area contributed by atoms with Crippen molar-refractivity contribution in [2.75, 3.05) is 6.54 Å². The highest BCUT2D eigenvalue weighted by Gasteiger charge is 2.10. The Hall–Kier alpha value is -1.10. The summed E-state index contributed by atoms with van der Waals surface area (Å²) in [6.07, 6.45) is 0. The highest BCUT2D eigenvalue weighted by atomic mass is 79.9. The molecule has 0 aliphatic heterocycles. The third-order valence-corrected chi connectivity index (χ3v) is 3.94. The molecule has 0 unspecified atom stereocenters. The van der Waals surface area contributed by atoms with Gasteiger partial charge in [-0.3, -0.25) is 0 Å². The van der Waals surface area contributed by atoms with Crippen LogP contribution in [-0.4, -0.2) is 6.54 Å². The zero-order valence-electron chi connectivity index (χ0n) is 11.8. The first kappa shape index (κ1) is 16.3. The summed E-state index contributed by atoms with van der Waals surface area (Å²) in [5.41, 5.74) is 2.10. The second-order valence-corrected chi connectivity index (χ2v) is 5.94. The van der Waals surface area contributed by atoms with Gasteiger partial charge in [-0.25, -0.2) is 4.39 Å². The second-order valence-electron chi connectivity index (χ2n) is 4.68. The van der Waals surface area contributed by atoms with Crippen LogP contribution in [0.5, 0.6) is 11.5 Å². The minimum Gasteiger partial charge on any atom is -0.456 e. The zero-order valence-corrected chi connectivity index (χ0v) is 14.2. The molecule has 0 atom stereocenters. The topological polar surface area (TPSA) is 21.3 Å². The molecule has 0 aliphatic carbocycles. The van der Waals surface area contributed by atoms with Gasteiger partial charge in [0.2, 0.25) is 0 Å². The van der Waals surface area contributed by atoms with Crippen molar-refractivity contribution in [1.82, 2.24) is 5.32 Å². The van der Waals surface area contributed by atoms with Crippen LogP contribution < -0.4 is 10.1 Å². The van der Waals surface area contributed by atoms with Gasteiger partial charge in [0.25, 0.3) is 0 Å². The van der Waals surface area contributed by atoms with Gasteiger partial charge in [0.1, 0.15) is 17.3 Å². The Morgan fingerprint density at radius 1 is 1.24 bits per heavy atom. The van der Waals surface area contributed by atoms with Crippen LogP contribution in [0.2, 0.25) is 5.02 Å². The van der Waals surface area contributed by atoms with Crippen molar-refractivity contribution >= 4 is 27.5 Å². The third-order valence-electron chi connectivity index (χ3n) is 3.03. The SMILES string of the molecule is CCNCc1ccc(C)c(Oc2cc(F)c(Cl)cc2Br)c1. The van der Waals surface area contributed by atoms with E-state index in [1.165, 1.54) is 12.1 Å². The molecule has 2 rings (SSSR count). The minimum absolute atomic E-state index is 0.0619. The maximum absolute atomic E-state index is 13.6. The van der Waals surface area contributed by atoms with Crippen LogP contribution >= 0.6 is 27.5 Å². The molecule has 112 valence electrons. The summed E-state index contributed by atoms with van der Waals surface area (Å²) in [5.74, 6) is 0.602. The molecule has 0 radical (unpaired) electrons. The number of benzene rings is 2. The molecule has 0 saturated carbocycles. The molecule has 2 nitrogen and oxygen atoms in total. The van der Waals surface area contributed by atoms with E-state index in [1.54, 1.807) is 0 Å². The average Bonchev–Trinajstić information content (AvgIpc) is 2.45. The van der Waals surface area contributed by atoms with Gasteiger partial charge >= 0.3 is 0 Å². The summed E-state index contributed by atoms with van der Waals surface area (Å²) < 4.78 is 20.0. The number of hydrogen-bond acceptors (Lipinski definition) is 2. The van der Waals surface area contributed by atoms with Crippen LogP contribution in [0.25, 0.3) is 0 Å². The van der Waals surface area contributed by atoms with Crippen LogP contribution in [0.4, 0.5) is 4.39 Å². The van der Waals surface area contributed by atoms with Gasteiger partial charge in [0.15, 0.2) is 0 Å². The van der Waals surface area contributed by atoms with Gasteiger partial charge in [-0.05, 0) is 52.7 Å². The summed E-state index contributed by atoms with van der Waals surface area (Å²) in [4.78, 5) is 0. The molecule has 0 fully saturated rings. The van der Waals surface area contributed by atoms with Gasteiger partial charge < -0.3 is 10.1 Å². The Balaban J connectivity index is 2.28. The monoisotopic (exact) mass is 371 g/mol. The summed E-state index contributed by atoms with van der Waals surface area (Å²) >= 11 is 9.07. The molecular weight excluding hydrogens is 357 g/mol. The average molecular weight is 373 g/mol. The van der Waals surface area contributed by atoms with Gasteiger partial charge in [-0.1, -0.05) is 30.7 Å². The number of rotatable bonds is 5. The summed E-state index contributed by atoms with van der Waals surface area (Å²) in [7, 11) is 0. The molecule has 0 heterocycles. The number of nitrogens with one attached hydrogen (secondary N) is 1. The fraction of sp³-hybridized carbons (Fsp3) is 0.250. The Morgan fingerprint density at radius 3 is 2.71 bits per heavy atom. The van der Waals surface area contributed by atoms with Crippen molar-refractivity contribution in [3.63, 3.8) is 0 Å². The summed E-state index contributed by atoms with van der Waals surface area (Å²) in [5, 5.41) is 3.32. The van der Waals surface area contributed by atoms with E-state index in [4.69, 9.17) is 16.3 Å². The molecule has 0 aliphatic rings. The molecular formula is C16H16BrClFNO.